The Balaban J connectivity index is 3.23. The molecule has 0 amide bonds. The van der Waals surface area contributed by atoms with E-state index < -0.39 is 17.5 Å². The van der Waals surface area contributed by atoms with Crippen LogP contribution in [0.25, 0.3) is 0 Å². The van der Waals surface area contributed by atoms with Gasteiger partial charge in [-0.1, -0.05) is 52.0 Å². The molecular formula is C16H24O3. The highest BCUT2D eigenvalue weighted by atomic mass is 16.4. The maximum atomic E-state index is 11.5. The number of aliphatic hydroxyl groups is 1. The van der Waals surface area contributed by atoms with Crippen molar-refractivity contribution < 1.29 is 15.0 Å². The summed E-state index contributed by atoms with van der Waals surface area (Å²) in [5.74, 6) is -1.88. The lowest BCUT2D eigenvalue weighted by molar-refractivity contribution is -0.157. The third-order valence-electron chi connectivity index (χ3n) is 3.85. The number of aliphatic carboxylic acids is 1. The van der Waals surface area contributed by atoms with E-state index in [-0.39, 0.29) is 5.92 Å². The Bertz CT molecular complexity index is 422. The Hall–Kier alpha value is -1.35. The summed E-state index contributed by atoms with van der Waals surface area (Å²) >= 11 is 0. The van der Waals surface area contributed by atoms with Gasteiger partial charge in [0, 0.05) is 0 Å². The first kappa shape index (κ1) is 15.7. The standard InChI is InChI=1S/C16H24O3/c1-5-12-7-9-13(10-8-12)16(19,6-2)14(11(3)4)15(17)18/h7-11,14,19H,5-6H2,1-4H3,(H,17,18). The van der Waals surface area contributed by atoms with Gasteiger partial charge in [-0.2, -0.15) is 0 Å². The molecule has 0 radical (unpaired) electrons. The molecule has 0 aliphatic heterocycles. The first-order valence-electron chi connectivity index (χ1n) is 6.91. The lowest BCUT2D eigenvalue weighted by atomic mass is 9.73. The minimum atomic E-state index is -1.31. The van der Waals surface area contributed by atoms with E-state index in [4.69, 9.17) is 0 Å². The number of hydrogen-bond donors (Lipinski definition) is 2. The summed E-state index contributed by atoms with van der Waals surface area (Å²) < 4.78 is 0. The van der Waals surface area contributed by atoms with Gasteiger partial charge in [-0.25, -0.2) is 0 Å². The van der Waals surface area contributed by atoms with Crippen LogP contribution in [0.1, 0.15) is 45.2 Å². The number of carboxylic acids is 1. The van der Waals surface area contributed by atoms with Gasteiger partial charge in [-0.15, -0.1) is 0 Å². The molecule has 2 N–H and O–H groups in total. The number of hydrogen-bond acceptors (Lipinski definition) is 2. The average molecular weight is 264 g/mol. The fourth-order valence-corrected chi connectivity index (χ4v) is 2.67. The summed E-state index contributed by atoms with van der Waals surface area (Å²) in [6.07, 6.45) is 1.31. The SMILES string of the molecule is CCc1ccc(C(O)(CC)C(C(=O)O)C(C)C)cc1. The molecule has 0 saturated heterocycles. The Morgan fingerprint density at radius 3 is 2.05 bits per heavy atom. The third kappa shape index (κ3) is 3.16. The van der Waals surface area contributed by atoms with E-state index in [0.717, 1.165) is 6.42 Å². The van der Waals surface area contributed by atoms with Gasteiger partial charge in [0.25, 0.3) is 0 Å². The minimum absolute atomic E-state index is 0.131. The van der Waals surface area contributed by atoms with Crippen LogP contribution in [0, 0.1) is 11.8 Å². The van der Waals surface area contributed by atoms with Gasteiger partial charge in [-0.05, 0) is 29.9 Å². The molecule has 0 aliphatic carbocycles. The van der Waals surface area contributed by atoms with E-state index >= 15 is 0 Å². The second kappa shape index (κ2) is 6.20. The van der Waals surface area contributed by atoms with Crippen LogP contribution < -0.4 is 0 Å². The topological polar surface area (TPSA) is 57.5 Å². The number of carbonyl (C=O) groups is 1. The molecule has 0 spiro atoms. The van der Waals surface area contributed by atoms with Gasteiger partial charge in [0.2, 0.25) is 0 Å². The van der Waals surface area contributed by atoms with Crippen molar-refractivity contribution in [3.8, 4) is 0 Å². The Kier molecular flexibility index (Phi) is 5.12. The molecule has 106 valence electrons. The molecule has 0 fully saturated rings. The fraction of sp³-hybridized carbons (Fsp3) is 0.562. The number of rotatable bonds is 6. The second-order valence-electron chi connectivity index (χ2n) is 5.39. The predicted molar refractivity (Wildman–Crippen MR) is 76.0 cm³/mol. The first-order chi connectivity index (χ1) is 8.86. The minimum Gasteiger partial charge on any atom is -0.481 e. The molecule has 3 heteroatoms. The predicted octanol–water partition coefficient (Wildman–Crippen LogP) is 3.20. The van der Waals surface area contributed by atoms with E-state index in [0.29, 0.717) is 12.0 Å². The van der Waals surface area contributed by atoms with Crippen molar-refractivity contribution in [2.45, 2.75) is 46.1 Å². The summed E-state index contributed by atoms with van der Waals surface area (Å²) in [6, 6.07) is 7.60. The summed E-state index contributed by atoms with van der Waals surface area (Å²) in [5.41, 5.74) is 0.554. The average Bonchev–Trinajstić information content (AvgIpc) is 2.37. The first-order valence-corrected chi connectivity index (χ1v) is 6.91. The van der Waals surface area contributed by atoms with Crippen LogP contribution in [-0.2, 0) is 16.8 Å². The Morgan fingerprint density at radius 1 is 1.21 bits per heavy atom. The number of aryl methyl sites for hydroxylation is 1. The highest BCUT2D eigenvalue weighted by Crippen LogP contribution is 2.37. The van der Waals surface area contributed by atoms with Gasteiger partial charge in [0.05, 0.1) is 5.92 Å². The quantitative estimate of drug-likeness (QED) is 0.829. The highest BCUT2D eigenvalue weighted by Gasteiger charge is 2.43. The molecule has 0 saturated carbocycles. The molecule has 2 atom stereocenters. The number of carboxylic acid groups (broad SMARTS) is 1. The van der Waals surface area contributed by atoms with Crippen molar-refractivity contribution in [2.24, 2.45) is 11.8 Å². The smallest absolute Gasteiger partial charge is 0.310 e. The van der Waals surface area contributed by atoms with E-state index in [1.165, 1.54) is 5.56 Å². The van der Waals surface area contributed by atoms with E-state index in [9.17, 15) is 15.0 Å². The third-order valence-corrected chi connectivity index (χ3v) is 3.85. The normalized spacial score (nSPS) is 16.1. The van der Waals surface area contributed by atoms with Crippen LogP contribution >= 0.6 is 0 Å². The monoisotopic (exact) mass is 264 g/mol. The van der Waals surface area contributed by atoms with Crippen molar-refractivity contribution >= 4 is 5.97 Å². The molecule has 1 aromatic rings. The lowest BCUT2D eigenvalue weighted by Gasteiger charge is -2.35. The zero-order chi connectivity index (χ0) is 14.6. The lowest BCUT2D eigenvalue weighted by Crippen LogP contribution is -2.42. The molecule has 2 unspecified atom stereocenters. The van der Waals surface area contributed by atoms with Crippen molar-refractivity contribution in [3.05, 3.63) is 35.4 Å². The van der Waals surface area contributed by atoms with Crippen molar-refractivity contribution in [1.29, 1.82) is 0 Å². The van der Waals surface area contributed by atoms with Crippen LogP contribution in [0.2, 0.25) is 0 Å². The molecule has 0 aliphatic rings. The Morgan fingerprint density at radius 2 is 1.74 bits per heavy atom. The maximum Gasteiger partial charge on any atom is 0.310 e. The zero-order valence-electron chi connectivity index (χ0n) is 12.2. The summed E-state index contributed by atoms with van der Waals surface area (Å²) in [5, 5.41) is 20.3. The molecule has 1 aromatic carbocycles. The summed E-state index contributed by atoms with van der Waals surface area (Å²) in [7, 11) is 0. The van der Waals surface area contributed by atoms with Crippen LogP contribution in [0.4, 0.5) is 0 Å². The second-order valence-corrected chi connectivity index (χ2v) is 5.39. The molecule has 0 heterocycles. The number of benzene rings is 1. The molecule has 1 rings (SSSR count). The zero-order valence-corrected chi connectivity index (χ0v) is 12.2. The van der Waals surface area contributed by atoms with Gasteiger partial charge in [-0.3, -0.25) is 4.79 Å². The molecule has 0 bridgehead atoms. The van der Waals surface area contributed by atoms with E-state index in [2.05, 4.69) is 6.92 Å². The van der Waals surface area contributed by atoms with Crippen molar-refractivity contribution in [1.82, 2.24) is 0 Å². The molecule has 0 aromatic heterocycles. The van der Waals surface area contributed by atoms with Crippen molar-refractivity contribution in [2.75, 3.05) is 0 Å². The van der Waals surface area contributed by atoms with Gasteiger partial charge in [0.1, 0.15) is 5.60 Å². The van der Waals surface area contributed by atoms with Gasteiger partial charge >= 0.3 is 5.97 Å². The summed E-state index contributed by atoms with van der Waals surface area (Å²) in [6.45, 7) is 7.56. The van der Waals surface area contributed by atoms with Gasteiger partial charge in [0.15, 0.2) is 0 Å². The van der Waals surface area contributed by atoms with Crippen LogP contribution in [0.5, 0.6) is 0 Å². The molecular weight excluding hydrogens is 240 g/mol. The van der Waals surface area contributed by atoms with Crippen LogP contribution in [0.3, 0.4) is 0 Å². The van der Waals surface area contributed by atoms with E-state index in [1.807, 2.05) is 45.0 Å². The fourth-order valence-electron chi connectivity index (χ4n) is 2.67. The molecule has 3 nitrogen and oxygen atoms in total. The molecule has 19 heavy (non-hydrogen) atoms. The highest BCUT2D eigenvalue weighted by molar-refractivity contribution is 5.72. The largest absolute Gasteiger partial charge is 0.481 e. The van der Waals surface area contributed by atoms with Gasteiger partial charge < -0.3 is 10.2 Å². The Labute approximate surface area is 115 Å². The summed E-state index contributed by atoms with van der Waals surface area (Å²) in [4.78, 5) is 11.5. The van der Waals surface area contributed by atoms with Crippen molar-refractivity contribution in [3.63, 3.8) is 0 Å². The maximum absolute atomic E-state index is 11.5. The van der Waals surface area contributed by atoms with E-state index in [1.54, 1.807) is 0 Å². The van der Waals surface area contributed by atoms with Crippen LogP contribution in [0.15, 0.2) is 24.3 Å². The van der Waals surface area contributed by atoms with Crippen LogP contribution in [-0.4, -0.2) is 16.2 Å².